The first-order valence-electron chi connectivity index (χ1n) is 8.52. The van der Waals surface area contributed by atoms with E-state index < -0.39 is 6.04 Å². The molecule has 24 heavy (non-hydrogen) atoms. The van der Waals surface area contributed by atoms with Crippen LogP contribution in [0.4, 0.5) is 0 Å². The van der Waals surface area contributed by atoms with Crippen LogP contribution in [0.1, 0.15) is 32.3 Å². The average molecular weight is 333 g/mol. The lowest BCUT2D eigenvalue weighted by atomic mass is 10.0. The summed E-state index contributed by atoms with van der Waals surface area (Å²) in [5.41, 5.74) is 0.883. The monoisotopic (exact) mass is 333 g/mol. The molecule has 1 aromatic carbocycles. The molecule has 1 fully saturated rings. The second kappa shape index (κ2) is 8.68. The third-order valence-electron chi connectivity index (χ3n) is 4.19. The lowest BCUT2D eigenvalue weighted by Gasteiger charge is -2.24. The van der Waals surface area contributed by atoms with Crippen molar-refractivity contribution in [2.75, 3.05) is 19.6 Å². The largest absolute Gasteiger partial charge is 0.508 e. The van der Waals surface area contributed by atoms with E-state index in [0.717, 1.165) is 25.2 Å². The molecule has 6 heteroatoms. The number of hydrogen-bond donors (Lipinski definition) is 3. The van der Waals surface area contributed by atoms with Gasteiger partial charge in [-0.1, -0.05) is 12.1 Å². The van der Waals surface area contributed by atoms with Gasteiger partial charge in [0.25, 0.3) is 0 Å². The van der Waals surface area contributed by atoms with Crippen LogP contribution in [-0.2, 0) is 16.0 Å². The predicted molar refractivity (Wildman–Crippen MR) is 92.7 cm³/mol. The summed E-state index contributed by atoms with van der Waals surface area (Å²) < 4.78 is 0. The number of carbonyl (C=O) groups is 2. The molecule has 1 aliphatic rings. The van der Waals surface area contributed by atoms with E-state index in [2.05, 4.69) is 15.5 Å². The summed E-state index contributed by atoms with van der Waals surface area (Å²) in [5, 5.41) is 15.1. The van der Waals surface area contributed by atoms with Gasteiger partial charge in [-0.25, -0.2) is 0 Å². The van der Waals surface area contributed by atoms with Crippen molar-refractivity contribution >= 4 is 11.8 Å². The Labute approximate surface area is 143 Å². The maximum absolute atomic E-state index is 12.5. The fourth-order valence-corrected chi connectivity index (χ4v) is 3.06. The summed E-state index contributed by atoms with van der Waals surface area (Å²) in [6.07, 6.45) is 2.83. The van der Waals surface area contributed by atoms with Gasteiger partial charge in [0.2, 0.25) is 11.8 Å². The van der Waals surface area contributed by atoms with Crippen LogP contribution < -0.4 is 10.6 Å². The number of likely N-dealkylation sites (tertiary alicyclic amines) is 1. The van der Waals surface area contributed by atoms with Crippen molar-refractivity contribution < 1.29 is 14.7 Å². The molecule has 0 aliphatic carbocycles. The highest BCUT2D eigenvalue weighted by atomic mass is 16.3. The van der Waals surface area contributed by atoms with Crippen LogP contribution in [0.5, 0.6) is 5.75 Å². The summed E-state index contributed by atoms with van der Waals surface area (Å²) in [5.74, 6) is -0.232. The van der Waals surface area contributed by atoms with Crippen molar-refractivity contribution in [2.45, 2.75) is 45.2 Å². The Kier molecular flexibility index (Phi) is 6.61. The topological polar surface area (TPSA) is 81.7 Å². The van der Waals surface area contributed by atoms with Gasteiger partial charge in [-0.3, -0.25) is 9.59 Å². The Morgan fingerprint density at radius 1 is 1.17 bits per heavy atom. The van der Waals surface area contributed by atoms with E-state index in [-0.39, 0.29) is 23.6 Å². The Balaban J connectivity index is 1.93. The third kappa shape index (κ3) is 5.85. The Morgan fingerprint density at radius 3 is 2.38 bits per heavy atom. The van der Waals surface area contributed by atoms with Crippen molar-refractivity contribution in [3.8, 4) is 5.75 Å². The molecule has 0 bridgehead atoms. The molecule has 132 valence electrons. The van der Waals surface area contributed by atoms with Gasteiger partial charge in [0.1, 0.15) is 11.8 Å². The number of benzene rings is 1. The van der Waals surface area contributed by atoms with Gasteiger partial charge in [0.05, 0.1) is 0 Å². The molecule has 2 atom stereocenters. The number of carbonyl (C=O) groups excluding carboxylic acids is 2. The zero-order valence-electron chi connectivity index (χ0n) is 14.4. The normalized spacial score (nSPS) is 17.2. The minimum absolute atomic E-state index is 0.0340. The minimum atomic E-state index is -0.618. The fourth-order valence-electron chi connectivity index (χ4n) is 3.06. The maximum atomic E-state index is 12.5. The minimum Gasteiger partial charge on any atom is -0.508 e. The zero-order valence-corrected chi connectivity index (χ0v) is 14.4. The molecule has 0 spiro atoms. The quantitative estimate of drug-likeness (QED) is 0.696. The van der Waals surface area contributed by atoms with Crippen LogP contribution >= 0.6 is 0 Å². The van der Waals surface area contributed by atoms with Crippen molar-refractivity contribution in [2.24, 2.45) is 0 Å². The molecule has 2 unspecified atom stereocenters. The molecule has 1 heterocycles. The molecule has 1 saturated heterocycles. The standard InChI is InChI=1S/C18H27N3O3/c1-13(12-21-9-3-4-10-21)19-18(24)17(20-14(2)22)11-15-5-7-16(23)8-6-15/h5-8,13,17,23H,3-4,9-12H2,1-2H3,(H,19,24)(H,20,22). The summed E-state index contributed by atoms with van der Waals surface area (Å²) in [4.78, 5) is 26.3. The average Bonchev–Trinajstić information content (AvgIpc) is 3.01. The highest BCUT2D eigenvalue weighted by Crippen LogP contribution is 2.12. The number of rotatable bonds is 7. The lowest BCUT2D eigenvalue weighted by Crippen LogP contribution is -2.51. The molecule has 6 nitrogen and oxygen atoms in total. The highest BCUT2D eigenvalue weighted by molar-refractivity contribution is 5.87. The smallest absolute Gasteiger partial charge is 0.243 e. The predicted octanol–water partition coefficient (Wildman–Crippen LogP) is 1.04. The van der Waals surface area contributed by atoms with E-state index in [1.807, 2.05) is 6.92 Å². The van der Waals surface area contributed by atoms with E-state index in [0.29, 0.717) is 6.42 Å². The summed E-state index contributed by atoms with van der Waals surface area (Å²) in [7, 11) is 0. The van der Waals surface area contributed by atoms with E-state index in [1.54, 1.807) is 24.3 Å². The molecule has 0 radical (unpaired) electrons. The zero-order chi connectivity index (χ0) is 17.5. The van der Waals surface area contributed by atoms with Gasteiger partial charge in [-0.2, -0.15) is 0 Å². The van der Waals surface area contributed by atoms with Crippen LogP contribution in [0.2, 0.25) is 0 Å². The Morgan fingerprint density at radius 2 is 1.79 bits per heavy atom. The number of amides is 2. The van der Waals surface area contributed by atoms with Crippen molar-refractivity contribution in [1.82, 2.24) is 15.5 Å². The molecule has 3 N–H and O–H groups in total. The second-order valence-electron chi connectivity index (χ2n) is 6.54. The van der Waals surface area contributed by atoms with Crippen molar-refractivity contribution in [3.05, 3.63) is 29.8 Å². The first kappa shape index (κ1) is 18.3. The fraction of sp³-hybridized carbons (Fsp3) is 0.556. The van der Waals surface area contributed by atoms with Gasteiger partial charge in [0, 0.05) is 25.9 Å². The first-order chi connectivity index (χ1) is 11.4. The SMILES string of the molecule is CC(=O)NC(Cc1ccc(O)cc1)C(=O)NC(C)CN1CCCC1. The van der Waals surface area contributed by atoms with Crippen LogP contribution in [-0.4, -0.2) is 53.5 Å². The molecule has 1 aliphatic heterocycles. The van der Waals surface area contributed by atoms with E-state index in [9.17, 15) is 14.7 Å². The number of phenolic OH excluding ortho intramolecular Hbond substituents is 1. The maximum Gasteiger partial charge on any atom is 0.243 e. The van der Waals surface area contributed by atoms with E-state index in [1.165, 1.54) is 19.8 Å². The van der Waals surface area contributed by atoms with Gasteiger partial charge in [-0.05, 0) is 50.6 Å². The molecule has 0 aromatic heterocycles. The Bertz CT molecular complexity index is 553. The molecule has 1 aromatic rings. The van der Waals surface area contributed by atoms with Crippen LogP contribution in [0, 0.1) is 0 Å². The molecule has 2 amide bonds. The van der Waals surface area contributed by atoms with Gasteiger partial charge in [0.15, 0.2) is 0 Å². The third-order valence-corrected chi connectivity index (χ3v) is 4.19. The Hall–Kier alpha value is -2.08. The van der Waals surface area contributed by atoms with E-state index in [4.69, 9.17) is 0 Å². The van der Waals surface area contributed by atoms with Crippen LogP contribution in [0.15, 0.2) is 24.3 Å². The summed E-state index contributed by atoms with van der Waals surface area (Å²) in [6.45, 7) is 6.40. The number of hydrogen-bond acceptors (Lipinski definition) is 4. The number of nitrogens with one attached hydrogen (secondary N) is 2. The van der Waals surface area contributed by atoms with Gasteiger partial charge >= 0.3 is 0 Å². The summed E-state index contributed by atoms with van der Waals surface area (Å²) >= 11 is 0. The number of phenols is 1. The number of aromatic hydroxyl groups is 1. The van der Waals surface area contributed by atoms with Crippen LogP contribution in [0.3, 0.4) is 0 Å². The highest BCUT2D eigenvalue weighted by Gasteiger charge is 2.23. The van der Waals surface area contributed by atoms with Crippen molar-refractivity contribution in [3.63, 3.8) is 0 Å². The summed E-state index contributed by atoms with van der Waals surface area (Å²) in [6, 6.07) is 6.08. The molecular formula is C18H27N3O3. The van der Waals surface area contributed by atoms with Gasteiger partial charge in [-0.15, -0.1) is 0 Å². The molecule has 2 rings (SSSR count). The van der Waals surface area contributed by atoms with Gasteiger partial charge < -0.3 is 20.6 Å². The molecule has 0 saturated carbocycles. The lowest BCUT2D eigenvalue weighted by molar-refractivity contribution is -0.128. The second-order valence-corrected chi connectivity index (χ2v) is 6.54. The first-order valence-corrected chi connectivity index (χ1v) is 8.52. The van der Waals surface area contributed by atoms with Crippen molar-refractivity contribution in [1.29, 1.82) is 0 Å². The van der Waals surface area contributed by atoms with Crippen LogP contribution in [0.25, 0.3) is 0 Å². The number of nitrogens with zero attached hydrogens (tertiary/aromatic N) is 1. The molecular weight excluding hydrogens is 306 g/mol. The van der Waals surface area contributed by atoms with E-state index >= 15 is 0 Å².